The van der Waals surface area contributed by atoms with E-state index in [1.54, 1.807) is 0 Å². The first-order chi connectivity index (χ1) is 6.52. The Morgan fingerprint density at radius 1 is 1.36 bits per heavy atom. The third-order valence-corrected chi connectivity index (χ3v) is 3.30. The molecule has 1 fully saturated rings. The Bertz CT molecular complexity index is 197. The molecular formula is C11H20ClNO. The summed E-state index contributed by atoms with van der Waals surface area (Å²) in [5.74, 6) is 1.11. The van der Waals surface area contributed by atoms with E-state index in [1.807, 2.05) is 0 Å². The minimum atomic E-state index is -0.199. The van der Waals surface area contributed by atoms with E-state index < -0.39 is 0 Å². The topological polar surface area (TPSA) is 20.3 Å². The minimum Gasteiger partial charge on any atom is -0.292 e. The van der Waals surface area contributed by atoms with Gasteiger partial charge in [0.25, 0.3) is 0 Å². The standard InChI is InChI=1S/C11H20ClNO/c1-8(2)10(11(12)14)13-6-4-9(3)5-7-13/h8-10H,4-7H2,1-3H3. The molecule has 1 aliphatic heterocycles. The Kier molecular flexibility index (Phi) is 4.39. The van der Waals surface area contributed by atoms with Crippen molar-refractivity contribution in [3.05, 3.63) is 0 Å². The molecule has 1 rings (SSSR count). The summed E-state index contributed by atoms with van der Waals surface area (Å²) in [6.07, 6.45) is 2.38. The first-order valence-corrected chi connectivity index (χ1v) is 5.83. The quantitative estimate of drug-likeness (QED) is 0.678. The zero-order valence-electron chi connectivity index (χ0n) is 9.29. The van der Waals surface area contributed by atoms with Gasteiger partial charge in [-0.25, -0.2) is 0 Å². The lowest BCUT2D eigenvalue weighted by Gasteiger charge is -2.36. The van der Waals surface area contributed by atoms with Gasteiger partial charge in [-0.3, -0.25) is 9.69 Å². The van der Waals surface area contributed by atoms with Crippen LogP contribution >= 0.6 is 11.6 Å². The highest BCUT2D eigenvalue weighted by atomic mass is 35.5. The van der Waals surface area contributed by atoms with Crippen LogP contribution in [0.15, 0.2) is 0 Å². The smallest absolute Gasteiger partial charge is 0.239 e. The molecule has 82 valence electrons. The average Bonchev–Trinajstić information content (AvgIpc) is 2.07. The first kappa shape index (κ1) is 12.0. The zero-order valence-corrected chi connectivity index (χ0v) is 10.0. The Hall–Kier alpha value is -0.0800. The van der Waals surface area contributed by atoms with E-state index >= 15 is 0 Å². The van der Waals surface area contributed by atoms with Crippen LogP contribution in [0, 0.1) is 11.8 Å². The van der Waals surface area contributed by atoms with Crippen LogP contribution in [0.5, 0.6) is 0 Å². The van der Waals surface area contributed by atoms with Gasteiger partial charge in [0.15, 0.2) is 0 Å². The zero-order chi connectivity index (χ0) is 10.7. The molecule has 2 nitrogen and oxygen atoms in total. The highest BCUT2D eigenvalue weighted by Gasteiger charge is 2.29. The van der Waals surface area contributed by atoms with Crippen molar-refractivity contribution in [3.8, 4) is 0 Å². The summed E-state index contributed by atoms with van der Waals surface area (Å²) in [4.78, 5) is 13.5. The molecule has 0 N–H and O–H groups in total. The van der Waals surface area contributed by atoms with Gasteiger partial charge in [-0.1, -0.05) is 20.8 Å². The number of nitrogens with zero attached hydrogens (tertiary/aromatic N) is 1. The normalized spacial score (nSPS) is 22.6. The van der Waals surface area contributed by atoms with E-state index in [0.717, 1.165) is 19.0 Å². The van der Waals surface area contributed by atoms with Crippen molar-refractivity contribution in [1.82, 2.24) is 4.90 Å². The van der Waals surface area contributed by atoms with E-state index in [0.29, 0.717) is 5.92 Å². The van der Waals surface area contributed by atoms with Crippen molar-refractivity contribution in [2.24, 2.45) is 11.8 Å². The summed E-state index contributed by atoms with van der Waals surface area (Å²) < 4.78 is 0. The highest BCUT2D eigenvalue weighted by molar-refractivity contribution is 6.64. The molecule has 0 aromatic heterocycles. The van der Waals surface area contributed by atoms with Gasteiger partial charge < -0.3 is 0 Å². The lowest BCUT2D eigenvalue weighted by atomic mass is 9.95. The van der Waals surface area contributed by atoms with E-state index in [1.165, 1.54) is 12.8 Å². The molecule has 1 aliphatic rings. The second kappa shape index (κ2) is 5.13. The Morgan fingerprint density at radius 2 is 1.86 bits per heavy atom. The summed E-state index contributed by atoms with van der Waals surface area (Å²) in [5.41, 5.74) is 0. The number of piperidine rings is 1. The lowest BCUT2D eigenvalue weighted by Crippen LogP contribution is -2.46. The van der Waals surface area contributed by atoms with Crippen LogP contribution < -0.4 is 0 Å². The van der Waals surface area contributed by atoms with Crippen molar-refractivity contribution >= 4 is 16.8 Å². The molecule has 0 saturated carbocycles. The fourth-order valence-electron chi connectivity index (χ4n) is 2.13. The molecule has 0 amide bonds. The fraction of sp³-hybridized carbons (Fsp3) is 0.909. The molecule has 0 aromatic carbocycles. The molecule has 1 saturated heterocycles. The largest absolute Gasteiger partial charge is 0.292 e. The maximum atomic E-state index is 11.3. The third kappa shape index (κ3) is 2.96. The summed E-state index contributed by atoms with van der Waals surface area (Å²) in [6, 6.07) is -0.0795. The van der Waals surface area contributed by atoms with Crippen LogP contribution in [0.3, 0.4) is 0 Å². The van der Waals surface area contributed by atoms with Crippen LogP contribution in [0.2, 0.25) is 0 Å². The molecule has 14 heavy (non-hydrogen) atoms. The Labute approximate surface area is 91.6 Å². The predicted octanol–water partition coefficient (Wildman–Crippen LogP) is 2.51. The third-order valence-electron chi connectivity index (χ3n) is 3.08. The molecular weight excluding hydrogens is 198 g/mol. The molecule has 0 aliphatic carbocycles. The summed E-state index contributed by atoms with van der Waals surface area (Å²) in [6.45, 7) is 8.42. The molecule has 1 unspecified atom stereocenters. The second-order valence-corrected chi connectivity index (χ2v) is 5.08. The maximum Gasteiger partial charge on any atom is 0.239 e. The predicted molar refractivity (Wildman–Crippen MR) is 59.5 cm³/mol. The summed E-state index contributed by atoms with van der Waals surface area (Å²) >= 11 is 5.63. The van der Waals surface area contributed by atoms with E-state index in [4.69, 9.17) is 11.6 Å². The van der Waals surface area contributed by atoms with E-state index in [2.05, 4.69) is 25.7 Å². The number of rotatable bonds is 3. The number of hydrogen-bond donors (Lipinski definition) is 0. The Balaban J connectivity index is 2.56. The van der Waals surface area contributed by atoms with Crippen molar-refractivity contribution in [1.29, 1.82) is 0 Å². The maximum absolute atomic E-state index is 11.3. The molecule has 3 heteroatoms. The van der Waals surface area contributed by atoms with Gasteiger partial charge >= 0.3 is 0 Å². The number of carbonyl (C=O) groups excluding carboxylic acids is 1. The van der Waals surface area contributed by atoms with Crippen molar-refractivity contribution in [3.63, 3.8) is 0 Å². The van der Waals surface area contributed by atoms with Gasteiger partial charge in [-0.2, -0.15) is 0 Å². The highest BCUT2D eigenvalue weighted by Crippen LogP contribution is 2.22. The monoisotopic (exact) mass is 217 g/mol. The van der Waals surface area contributed by atoms with Crippen LogP contribution in [-0.2, 0) is 4.79 Å². The van der Waals surface area contributed by atoms with Crippen molar-refractivity contribution in [2.45, 2.75) is 39.7 Å². The summed E-state index contributed by atoms with van der Waals surface area (Å²) in [5, 5.41) is -0.199. The molecule has 1 atom stereocenters. The summed E-state index contributed by atoms with van der Waals surface area (Å²) in [7, 11) is 0. The van der Waals surface area contributed by atoms with Gasteiger partial charge in [0.2, 0.25) is 5.24 Å². The van der Waals surface area contributed by atoms with Crippen LogP contribution in [0.4, 0.5) is 0 Å². The van der Waals surface area contributed by atoms with Gasteiger partial charge in [-0.15, -0.1) is 0 Å². The number of halogens is 1. The number of likely N-dealkylation sites (tertiary alicyclic amines) is 1. The van der Waals surface area contributed by atoms with Gasteiger partial charge in [0.05, 0.1) is 6.04 Å². The molecule has 0 radical (unpaired) electrons. The van der Waals surface area contributed by atoms with Crippen molar-refractivity contribution in [2.75, 3.05) is 13.1 Å². The first-order valence-electron chi connectivity index (χ1n) is 5.45. The Morgan fingerprint density at radius 3 is 2.21 bits per heavy atom. The number of carbonyl (C=O) groups is 1. The van der Waals surface area contributed by atoms with Gasteiger partial charge in [0, 0.05) is 0 Å². The van der Waals surface area contributed by atoms with Gasteiger partial charge in [0.1, 0.15) is 0 Å². The van der Waals surface area contributed by atoms with Crippen molar-refractivity contribution < 1.29 is 4.79 Å². The van der Waals surface area contributed by atoms with E-state index in [9.17, 15) is 4.79 Å². The SMILES string of the molecule is CC1CCN(C(C(=O)Cl)C(C)C)CC1. The molecule has 1 heterocycles. The van der Waals surface area contributed by atoms with Crippen LogP contribution in [0.25, 0.3) is 0 Å². The molecule has 0 bridgehead atoms. The fourth-order valence-corrected chi connectivity index (χ4v) is 2.52. The molecule has 0 aromatic rings. The molecule has 0 spiro atoms. The average molecular weight is 218 g/mol. The van der Waals surface area contributed by atoms with E-state index in [-0.39, 0.29) is 11.3 Å². The number of hydrogen-bond acceptors (Lipinski definition) is 2. The second-order valence-electron chi connectivity index (χ2n) is 4.71. The minimum absolute atomic E-state index is 0.0795. The van der Waals surface area contributed by atoms with Gasteiger partial charge in [-0.05, 0) is 49.4 Å². The van der Waals surface area contributed by atoms with Crippen LogP contribution in [0.1, 0.15) is 33.6 Å². The lowest BCUT2D eigenvalue weighted by molar-refractivity contribution is -0.118. The van der Waals surface area contributed by atoms with Crippen LogP contribution in [-0.4, -0.2) is 29.3 Å².